The molecule has 2 aliphatic heterocycles. The van der Waals surface area contributed by atoms with Gasteiger partial charge in [0.15, 0.2) is 4.75 Å². The van der Waals surface area contributed by atoms with Crippen molar-refractivity contribution in [1.29, 1.82) is 0 Å². The van der Waals surface area contributed by atoms with Crippen LogP contribution in [0.4, 0.5) is 0 Å². The number of carbonyl (C=O) groups is 2. The lowest BCUT2D eigenvalue weighted by Gasteiger charge is -2.34. The summed E-state index contributed by atoms with van der Waals surface area (Å²) in [5.41, 5.74) is 0. The third-order valence-electron chi connectivity index (χ3n) is 3.38. The summed E-state index contributed by atoms with van der Waals surface area (Å²) in [4.78, 5) is 24.2. The minimum absolute atomic E-state index is 0.0988. The number of aliphatic hydroxyl groups excluding tert-OH is 1. The number of esters is 2. The van der Waals surface area contributed by atoms with Crippen LogP contribution in [0, 0.1) is 5.92 Å². The van der Waals surface area contributed by atoms with E-state index in [1.807, 2.05) is 0 Å². The molecule has 0 amide bonds. The van der Waals surface area contributed by atoms with Gasteiger partial charge in [-0.3, -0.25) is 9.59 Å². The summed E-state index contributed by atoms with van der Waals surface area (Å²) in [6.45, 7) is -0.0988. The molecule has 106 valence electrons. The second-order valence-electron chi connectivity index (χ2n) is 4.26. The molecule has 0 aromatic heterocycles. The fourth-order valence-corrected chi connectivity index (χ4v) is 3.95. The van der Waals surface area contributed by atoms with E-state index in [-0.39, 0.29) is 6.61 Å². The third kappa shape index (κ3) is 2.05. The Labute approximate surface area is 115 Å². The van der Waals surface area contributed by atoms with Crippen molar-refractivity contribution < 1.29 is 28.9 Å². The van der Waals surface area contributed by atoms with Gasteiger partial charge in [-0.1, -0.05) is 12.2 Å². The molecular formula is C12H16O6S. The van der Waals surface area contributed by atoms with Crippen molar-refractivity contribution in [1.82, 2.24) is 0 Å². The van der Waals surface area contributed by atoms with Crippen LogP contribution in [-0.2, 0) is 23.8 Å². The molecule has 19 heavy (non-hydrogen) atoms. The van der Waals surface area contributed by atoms with E-state index < -0.39 is 34.8 Å². The Morgan fingerprint density at radius 2 is 2.11 bits per heavy atom. The van der Waals surface area contributed by atoms with Gasteiger partial charge < -0.3 is 19.3 Å². The molecule has 2 rings (SSSR count). The highest BCUT2D eigenvalue weighted by molar-refractivity contribution is 8.01. The first kappa shape index (κ1) is 14.4. The van der Waals surface area contributed by atoms with Crippen LogP contribution in [0.25, 0.3) is 0 Å². The lowest BCUT2D eigenvalue weighted by atomic mass is 9.82. The Hall–Kier alpha value is -1.05. The van der Waals surface area contributed by atoms with E-state index in [0.29, 0.717) is 5.75 Å². The van der Waals surface area contributed by atoms with E-state index in [1.54, 1.807) is 12.2 Å². The Bertz CT molecular complexity index is 409. The van der Waals surface area contributed by atoms with Gasteiger partial charge in [0, 0.05) is 5.75 Å². The topological polar surface area (TPSA) is 82.1 Å². The maximum Gasteiger partial charge on any atom is 0.326 e. The molecule has 0 unspecified atom stereocenters. The molecule has 6 nitrogen and oxygen atoms in total. The number of carbonyl (C=O) groups excluding carboxylic acids is 2. The first-order valence-electron chi connectivity index (χ1n) is 5.86. The minimum atomic E-state index is -1.18. The highest BCUT2D eigenvalue weighted by Gasteiger charge is 2.66. The summed E-state index contributed by atoms with van der Waals surface area (Å²) in [7, 11) is 2.55. The highest BCUT2D eigenvalue weighted by Crippen LogP contribution is 2.51. The number of ether oxygens (including phenoxy) is 3. The summed E-state index contributed by atoms with van der Waals surface area (Å²) >= 11 is 1.18. The Balaban J connectivity index is 2.40. The Morgan fingerprint density at radius 3 is 2.68 bits per heavy atom. The Morgan fingerprint density at radius 1 is 1.37 bits per heavy atom. The van der Waals surface area contributed by atoms with E-state index in [1.165, 1.54) is 26.0 Å². The summed E-state index contributed by atoms with van der Waals surface area (Å²) in [6, 6.07) is 0. The van der Waals surface area contributed by atoms with E-state index in [2.05, 4.69) is 0 Å². The lowest BCUT2D eigenvalue weighted by molar-refractivity contribution is -0.154. The van der Waals surface area contributed by atoms with Crippen LogP contribution >= 0.6 is 11.8 Å². The van der Waals surface area contributed by atoms with Crippen molar-refractivity contribution in [2.75, 3.05) is 26.6 Å². The maximum atomic E-state index is 12.2. The van der Waals surface area contributed by atoms with Crippen molar-refractivity contribution in [3.05, 3.63) is 12.2 Å². The zero-order valence-corrected chi connectivity index (χ0v) is 11.5. The van der Waals surface area contributed by atoms with E-state index >= 15 is 0 Å². The molecule has 0 aliphatic carbocycles. The highest BCUT2D eigenvalue weighted by atomic mass is 32.2. The summed E-state index contributed by atoms with van der Waals surface area (Å²) < 4.78 is 14.1. The van der Waals surface area contributed by atoms with Gasteiger partial charge in [0.2, 0.25) is 0 Å². The average molecular weight is 288 g/mol. The van der Waals surface area contributed by atoms with Crippen molar-refractivity contribution in [2.24, 2.45) is 5.92 Å². The maximum absolute atomic E-state index is 12.2. The predicted octanol–water partition coefficient (Wildman–Crippen LogP) is -0.250. The van der Waals surface area contributed by atoms with Gasteiger partial charge in [-0.25, -0.2) is 0 Å². The van der Waals surface area contributed by atoms with Crippen LogP contribution in [0.15, 0.2) is 12.2 Å². The van der Waals surface area contributed by atoms with Crippen LogP contribution < -0.4 is 0 Å². The predicted molar refractivity (Wildman–Crippen MR) is 67.6 cm³/mol. The Kier molecular flexibility index (Phi) is 4.17. The number of methoxy groups -OCH3 is 2. The second-order valence-corrected chi connectivity index (χ2v) is 5.64. The fraction of sp³-hybridized carbons (Fsp3) is 0.667. The van der Waals surface area contributed by atoms with Crippen molar-refractivity contribution in [3.63, 3.8) is 0 Å². The lowest BCUT2D eigenvalue weighted by Crippen LogP contribution is -2.53. The molecule has 0 radical (unpaired) electrons. The number of hydrogen-bond donors (Lipinski definition) is 1. The smallest absolute Gasteiger partial charge is 0.326 e. The fourth-order valence-electron chi connectivity index (χ4n) is 2.61. The monoisotopic (exact) mass is 288 g/mol. The number of hydrogen-bond acceptors (Lipinski definition) is 7. The molecule has 2 heterocycles. The zero-order valence-electron chi connectivity index (χ0n) is 10.7. The third-order valence-corrected chi connectivity index (χ3v) is 4.90. The molecule has 4 atom stereocenters. The van der Waals surface area contributed by atoms with Gasteiger partial charge in [-0.15, -0.1) is 11.8 Å². The number of thioether (sulfide) groups is 1. The molecule has 1 saturated heterocycles. The zero-order chi connectivity index (χ0) is 14.0. The first-order chi connectivity index (χ1) is 9.11. The molecule has 7 heteroatoms. The molecular weight excluding hydrogens is 272 g/mol. The van der Waals surface area contributed by atoms with Gasteiger partial charge in [-0.2, -0.15) is 0 Å². The normalized spacial score (nSPS) is 35.4. The second kappa shape index (κ2) is 5.52. The van der Waals surface area contributed by atoms with Crippen LogP contribution in [0.5, 0.6) is 0 Å². The molecule has 1 fully saturated rings. The number of fused-ring (bicyclic) bond motifs is 2. The molecule has 1 N–H and O–H groups in total. The van der Waals surface area contributed by atoms with E-state index in [9.17, 15) is 9.59 Å². The van der Waals surface area contributed by atoms with Gasteiger partial charge >= 0.3 is 11.9 Å². The number of rotatable bonds is 5. The van der Waals surface area contributed by atoms with Crippen molar-refractivity contribution in [2.45, 2.75) is 17.0 Å². The summed E-state index contributed by atoms with van der Waals surface area (Å²) in [5, 5.41) is 9.00. The minimum Gasteiger partial charge on any atom is -0.469 e. The molecule has 0 aromatic carbocycles. The molecule has 0 aromatic rings. The molecule has 0 saturated carbocycles. The van der Waals surface area contributed by atoms with Crippen LogP contribution in [0.2, 0.25) is 0 Å². The van der Waals surface area contributed by atoms with Crippen LogP contribution in [-0.4, -0.2) is 60.6 Å². The number of aliphatic hydroxyl groups is 1. The SMILES string of the molecule is COC(=O)[C@@H]1[C@@H]2C=C[C@@H](O2)[C@]1(SCCO)C(=O)OC. The quantitative estimate of drug-likeness (QED) is 0.552. The molecule has 2 aliphatic rings. The van der Waals surface area contributed by atoms with Crippen LogP contribution in [0.1, 0.15) is 0 Å². The standard InChI is InChI=1S/C12H16O6S/c1-16-10(14)9-7-3-4-8(18-7)12(9,11(15)17-2)19-6-5-13/h3-4,7-9,13H,5-6H2,1-2H3/t7-,8+,9-,12+/m0/s1. The molecule has 2 bridgehead atoms. The average Bonchev–Trinajstić information content (AvgIpc) is 3.02. The van der Waals surface area contributed by atoms with E-state index in [0.717, 1.165) is 0 Å². The van der Waals surface area contributed by atoms with Gasteiger partial charge in [-0.05, 0) is 0 Å². The van der Waals surface area contributed by atoms with Crippen molar-refractivity contribution >= 4 is 23.7 Å². The first-order valence-corrected chi connectivity index (χ1v) is 6.85. The van der Waals surface area contributed by atoms with Gasteiger partial charge in [0.05, 0.1) is 26.9 Å². The summed E-state index contributed by atoms with van der Waals surface area (Å²) in [6.07, 6.45) is 2.49. The van der Waals surface area contributed by atoms with Crippen LogP contribution in [0.3, 0.4) is 0 Å². The largest absolute Gasteiger partial charge is 0.469 e. The van der Waals surface area contributed by atoms with Gasteiger partial charge in [0.25, 0.3) is 0 Å². The van der Waals surface area contributed by atoms with Crippen molar-refractivity contribution in [3.8, 4) is 0 Å². The van der Waals surface area contributed by atoms with E-state index in [4.69, 9.17) is 19.3 Å². The molecule has 0 spiro atoms. The van der Waals surface area contributed by atoms with Gasteiger partial charge in [0.1, 0.15) is 12.0 Å². The summed E-state index contributed by atoms with van der Waals surface area (Å²) in [5.74, 6) is -1.48.